The molecule has 8 heteroatoms. The normalized spacial score (nSPS) is 23.3. The number of primary amides is 1. The van der Waals surface area contributed by atoms with Crippen LogP contribution in [0.2, 0.25) is 0 Å². The van der Waals surface area contributed by atoms with Crippen LogP contribution in [-0.2, 0) is 9.84 Å². The second-order valence-electron chi connectivity index (χ2n) is 5.83. The molecule has 1 unspecified atom stereocenters. The van der Waals surface area contributed by atoms with Crippen LogP contribution in [0.1, 0.15) is 25.7 Å². The molecule has 1 aromatic carbocycles. The van der Waals surface area contributed by atoms with Crippen LogP contribution >= 0.6 is 0 Å². The van der Waals surface area contributed by atoms with Crippen molar-refractivity contribution >= 4 is 27.8 Å². The lowest BCUT2D eigenvalue weighted by Crippen LogP contribution is -2.49. The number of hydrazone groups is 1. The monoisotopic (exact) mass is 322 g/mol. The molecule has 0 aromatic heterocycles. The summed E-state index contributed by atoms with van der Waals surface area (Å²) in [6, 6.07) is 5.09. The van der Waals surface area contributed by atoms with Gasteiger partial charge < -0.3 is 11.5 Å². The van der Waals surface area contributed by atoms with Crippen LogP contribution < -0.4 is 11.5 Å². The first-order valence-corrected chi connectivity index (χ1v) is 8.65. The quantitative estimate of drug-likeness (QED) is 0.798. The molecular formula is C14H18N4O3S. The molecule has 1 aromatic rings. The van der Waals surface area contributed by atoms with Crippen LogP contribution in [0.15, 0.2) is 34.3 Å². The average Bonchev–Trinajstić information content (AvgIpc) is 3.08. The van der Waals surface area contributed by atoms with E-state index in [9.17, 15) is 13.2 Å². The molecule has 1 heterocycles. The summed E-state index contributed by atoms with van der Waals surface area (Å²) in [6.45, 7) is 0. The highest BCUT2D eigenvalue weighted by Crippen LogP contribution is 2.48. The number of rotatable bonds is 2. The minimum atomic E-state index is -3.80. The number of hydrogen-bond acceptors (Lipinski definition) is 5. The smallest absolute Gasteiger partial charge is 0.336 e. The van der Waals surface area contributed by atoms with Crippen LogP contribution in [0.3, 0.4) is 0 Å². The van der Waals surface area contributed by atoms with Crippen molar-refractivity contribution in [1.29, 1.82) is 0 Å². The second kappa shape index (κ2) is 4.98. The van der Waals surface area contributed by atoms with E-state index in [0.29, 0.717) is 18.5 Å². The highest BCUT2D eigenvalue weighted by molar-refractivity contribution is 7.92. The molecule has 1 aliphatic heterocycles. The van der Waals surface area contributed by atoms with Crippen molar-refractivity contribution in [3.05, 3.63) is 24.3 Å². The van der Waals surface area contributed by atoms with E-state index in [1.165, 1.54) is 24.3 Å². The Balaban J connectivity index is 2.09. The summed E-state index contributed by atoms with van der Waals surface area (Å²) in [6.07, 6.45) is 4.77. The van der Waals surface area contributed by atoms with Crippen molar-refractivity contribution < 1.29 is 13.2 Å². The number of nitrogens with zero attached hydrogens (tertiary/aromatic N) is 2. The summed E-state index contributed by atoms with van der Waals surface area (Å²) in [5, 5.41) is 3.81. The molecule has 1 fully saturated rings. The largest absolute Gasteiger partial charge is 0.399 e. The van der Waals surface area contributed by atoms with Gasteiger partial charge in [0.1, 0.15) is 0 Å². The lowest BCUT2D eigenvalue weighted by atomic mass is 9.88. The first-order valence-electron chi connectivity index (χ1n) is 7.10. The molecule has 2 amide bonds. The lowest BCUT2D eigenvalue weighted by Gasteiger charge is -2.31. The third kappa shape index (κ3) is 2.14. The van der Waals surface area contributed by atoms with Crippen molar-refractivity contribution in [3.8, 4) is 0 Å². The minimum absolute atomic E-state index is 0.120. The van der Waals surface area contributed by atoms with E-state index < -0.39 is 26.7 Å². The van der Waals surface area contributed by atoms with E-state index in [2.05, 4.69) is 5.10 Å². The average molecular weight is 322 g/mol. The zero-order chi connectivity index (χ0) is 16.0. The number of sulfone groups is 1. The van der Waals surface area contributed by atoms with Gasteiger partial charge in [0, 0.05) is 17.3 Å². The number of hydrogen-bond donors (Lipinski definition) is 2. The zero-order valence-corrected chi connectivity index (χ0v) is 12.8. The molecule has 1 saturated carbocycles. The molecule has 0 saturated heterocycles. The fourth-order valence-electron chi connectivity index (χ4n) is 3.35. The van der Waals surface area contributed by atoms with Gasteiger partial charge in [0.25, 0.3) is 0 Å². The first-order chi connectivity index (χ1) is 10.4. The number of carbonyl (C=O) groups excluding carboxylic acids is 1. The van der Waals surface area contributed by atoms with Crippen LogP contribution in [0, 0.1) is 5.41 Å². The molecule has 3 rings (SSSR count). The van der Waals surface area contributed by atoms with Crippen LogP contribution in [0.25, 0.3) is 0 Å². The molecule has 118 valence electrons. The van der Waals surface area contributed by atoms with E-state index in [4.69, 9.17) is 11.5 Å². The fourth-order valence-corrected chi connectivity index (χ4v) is 5.46. The Kier molecular flexibility index (Phi) is 3.36. The standard InChI is InChI=1S/C14H18N4O3S/c15-10-3-5-11(6-4-10)22(20,21)12-14(7-1-2-8-14)9-17-18(12)13(16)19/h3-6,9,12H,1-2,7-8,15H2,(H2,16,19). The van der Waals surface area contributed by atoms with Crippen LogP contribution in [0.4, 0.5) is 10.5 Å². The predicted molar refractivity (Wildman–Crippen MR) is 82.6 cm³/mol. The summed E-state index contributed by atoms with van der Waals surface area (Å²) >= 11 is 0. The third-order valence-corrected chi connectivity index (χ3v) is 6.60. The van der Waals surface area contributed by atoms with E-state index in [-0.39, 0.29) is 4.90 Å². The van der Waals surface area contributed by atoms with Gasteiger partial charge in [-0.1, -0.05) is 12.8 Å². The maximum Gasteiger partial charge on any atom is 0.336 e. The van der Waals surface area contributed by atoms with Gasteiger partial charge in [-0.3, -0.25) is 0 Å². The SMILES string of the molecule is NC(=O)N1N=CC2(CCCC2)C1S(=O)(=O)c1ccc(N)cc1. The second-order valence-corrected chi connectivity index (χ2v) is 7.84. The van der Waals surface area contributed by atoms with Gasteiger partial charge in [0.15, 0.2) is 5.37 Å². The van der Waals surface area contributed by atoms with E-state index >= 15 is 0 Å². The number of amides is 2. The molecule has 1 spiro atoms. The Labute approximate surface area is 128 Å². The van der Waals surface area contributed by atoms with Gasteiger partial charge in [-0.05, 0) is 37.1 Å². The Morgan fingerprint density at radius 1 is 1.23 bits per heavy atom. The molecule has 2 aliphatic rings. The van der Waals surface area contributed by atoms with Crippen molar-refractivity contribution in [2.24, 2.45) is 16.3 Å². The summed E-state index contributed by atoms with van der Waals surface area (Å²) < 4.78 is 26.1. The van der Waals surface area contributed by atoms with E-state index in [1.807, 2.05) is 0 Å². The van der Waals surface area contributed by atoms with E-state index in [0.717, 1.165) is 17.9 Å². The number of nitrogens with two attached hydrogens (primary N) is 2. The maximum absolute atomic E-state index is 13.1. The van der Waals surface area contributed by atoms with Gasteiger partial charge in [-0.15, -0.1) is 0 Å². The minimum Gasteiger partial charge on any atom is -0.399 e. The summed E-state index contributed by atoms with van der Waals surface area (Å²) in [4.78, 5) is 11.8. The van der Waals surface area contributed by atoms with Crippen molar-refractivity contribution in [3.63, 3.8) is 0 Å². The van der Waals surface area contributed by atoms with Crippen molar-refractivity contribution in [1.82, 2.24) is 5.01 Å². The van der Waals surface area contributed by atoms with Crippen LogP contribution in [-0.4, -0.2) is 31.0 Å². The van der Waals surface area contributed by atoms with Gasteiger partial charge in [0.2, 0.25) is 9.84 Å². The Hall–Kier alpha value is -2.09. The highest BCUT2D eigenvalue weighted by Gasteiger charge is 2.55. The first kappa shape index (κ1) is 14.8. The molecule has 0 radical (unpaired) electrons. The molecule has 1 aliphatic carbocycles. The van der Waals surface area contributed by atoms with Gasteiger partial charge in [-0.25, -0.2) is 13.2 Å². The lowest BCUT2D eigenvalue weighted by molar-refractivity contribution is 0.189. The molecule has 1 atom stereocenters. The summed E-state index contributed by atoms with van der Waals surface area (Å²) in [7, 11) is -3.80. The Morgan fingerprint density at radius 3 is 2.36 bits per heavy atom. The molecular weight excluding hydrogens is 304 g/mol. The Bertz CT molecular complexity index is 721. The van der Waals surface area contributed by atoms with Crippen molar-refractivity contribution in [2.45, 2.75) is 36.0 Å². The zero-order valence-electron chi connectivity index (χ0n) is 12.0. The number of nitrogen functional groups attached to an aromatic ring is 1. The van der Waals surface area contributed by atoms with Gasteiger partial charge >= 0.3 is 6.03 Å². The fraction of sp³-hybridized carbons (Fsp3) is 0.429. The molecule has 22 heavy (non-hydrogen) atoms. The summed E-state index contributed by atoms with van der Waals surface area (Å²) in [5.41, 5.74) is 10.8. The van der Waals surface area contributed by atoms with Crippen LogP contribution in [0.5, 0.6) is 0 Å². The predicted octanol–water partition coefficient (Wildman–Crippen LogP) is 1.31. The van der Waals surface area contributed by atoms with Gasteiger partial charge in [-0.2, -0.15) is 10.1 Å². The van der Waals surface area contributed by atoms with E-state index in [1.54, 1.807) is 6.21 Å². The molecule has 7 nitrogen and oxygen atoms in total. The highest BCUT2D eigenvalue weighted by atomic mass is 32.2. The Morgan fingerprint density at radius 2 is 1.82 bits per heavy atom. The number of urea groups is 1. The number of benzene rings is 1. The molecule has 0 bridgehead atoms. The topological polar surface area (TPSA) is 119 Å². The summed E-state index contributed by atoms with van der Waals surface area (Å²) in [5.74, 6) is 0. The third-order valence-electron chi connectivity index (χ3n) is 4.42. The molecule has 4 N–H and O–H groups in total. The number of anilines is 1. The van der Waals surface area contributed by atoms with Gasteiger partial charge in [0.05, 0.1) is 4.90 Å². The number of carbonyl (C=O) groups is 1. The maximum atomic E-state index is 13.1. The van der Waals surface area contributed by atoms with Crippen molar-refractivity contribution in [2.75, 3.05) is 5.73 Å².